The van der Waals surface area contributed by atoms with E-state index in [1.54, 1.807) is 0 Å². The third-order valence-corrected chi connectivity index (χ3v) is 2.21. The number of alkyl halides is 2. The van der Waals surface area contributed by atoms with Crippen LogP contribution in [0, 0.1) is 10.1 Å². The number of nitrogens with zero attached hydrogens (tertiary/aromatic N) is 1. The summed E-state index contributed by atoms with van der Waals surface area (Å²) >= 11 is 0. The molecule has 1 atom stereocenters. The number of aliphatic carboxylic acids is 1. The quantitative estimate of drug-likeness (QED) is 0.456. The van der Waals surface area contributed by atoms with Crippen LogP contribution in [0.15, 0.2) is 12.1 Å². The lowest BCUT2D eigenvalue weighted by molar-refractivity contribution is -0.386. The van der Waals surface area contributed by atoms with Crippen molar-refractivity contribution in [1.29, 1.82) is 0 Å². The summed E-state index contributed by atoms with van der Waals surface area (Å²) in [5.41, 5.74) is -2.51. The Labute approximate surface area is 109 Å². The maximum atomic E-state index is 12.1. The monoisotopic (exact) mass is 291 g/mol. The molecule has 8 nitrogen and oxygen atoms in total. The van der Waals surface area contributed by atoms with E-state index in [1.807, 2.05) is 0 Å². The molecule has 108 valence electrons. The molecular formula is C10H7F2NO7. The van der Waals surface area contributed by atoms with E-state index in [4.69, 9.17) is 5.11 Å². The molecule has 0 saturated heterocycles. The van der Waals surface area contributed by atoms with Crippen LogP contribution in [-0.4, -0.2) is 34.0 Å². The molecule has 0 aliphatic heterocycles. The molecule has 0 fully saturated rings. The Bertz CT molecular complexity index is 561. The molecule has 0 aliphatic rings. The van der Waals surface area contributed by atoms with Gasteiger partial charge in [0.2, 0.25) is 0 Å². The number of nitro groups is 1. The number of benzene rings is 1. The lowest BCUT2D eigenvalue weighted by Gasteiger charge is -2.11. The summed E-state index contributed by atoms with van der Waals surface area (Å²) in [7, 11) is 0. The van der Waals surface area contributed by atoms with Crippen LogP contribution in [-0.2, 0) is 4.79 Å². The van der Waals surface area contributed by atoms with E-state index >= 15 is 0 Å². The summed E-state index contributed by atoms with van der Waals surface area (Å²) in [5.74, 6) is -2.53. The first-order chi connectivity index (χ1) is 9.27. The molecule has 0 saturated carbocycles. The number of aliphatic hydroxyl groups is 1. The minimum Gasteiger partial charge on any atom is -0.479 e. The van der Waals surface area contributed by atoms with Crippen LogP contribution < -0.4 is 4.74 Å². The van der Waals surface area contributed by atoms with Crippen molar-refractivity contribution in [1.82, 2.24) is 0 Å². The number of rotatable bonds is 6. The fraction of sp³-hybridized carbons (Fsp3) is 0.200. The SMILES string of the molecule is O=Cc1cc(OC(F)F)cc(C(O)C(=O)O)c1[N+](=O)[O-]. The van der Waals surface area contributed by atoms with Gasteiger partial charge < -0.3 is 14.9 Å². The van der Waals surface area contributed by atoms with Crippen LogP contribution in [0.4, 0.5) is 14.5 Å². The summed E-state index contributed by atoms with van der Waals surface area (Å²) in [6, 6.07) is 1.21. The first-order valence-corrected chi connectivity index (χ1v) is 4.91. The molecule has 1 aromatic rings. The van der Waals surface area contributed by atoms with Crippen LogP contribution in [0.1, 0.15) is 22.0 Å². The summed E-state index contributed by atoms with van der Waals surface area (Å²) in [6.45, 7) is -3.29. The fourth-order valence-electron chi connectivity index (χ4n) is 1.46. The van der Waals surface area contributed by atoms with Crippen molar-refractivity contribution < 1.29 is 38.2 Å². The predicted octanol–water partition coefficient (Wildman–Crippen LogP) is 1.13. The van der Waals surface area contributed by atoms with Crippen molar-refractivity contribution in [2.75, 3.05) is 0 Å². The fourth-order valence-corrected chi connectivity index (χ4v) is 1.46. The van der Waals surface area contributed by atoms with Gasteiger partial charge in [0.15, 0.2) is 12.4 Å². The highest BCUT2D eigenvalue weighted by Crippen LogP contribution is 2.33. The Kier molecular flexibility index (Phi) is 4.64. The highest BCUT2D eigenvalue weighted by Gasteiger charge is 2.30. The average Bonchev–Trinajstić information content (AvgIpc) is 2.35. The van der Waals surface area contributed by atoms with Gasteiger partial charge in [-0.05, 0) is 12.1 Å². The molecule has 1 unspecified atom stereocenters. The van der Waals surface area contributed by atoms with Gasteiger partial charge in [0.1, 0.15) is 5.75 Å². The first kappa shape index (κ1) is 15.4. The third kappa shape index (κ3) is 3.23. The summed E-state index contributed by atoms with van der Waals surface area (Å²) in [6.07, 6.45) is -2.40. The number of carboxylic acids is 1. The zero-order valence-electron chi connectivity index (χ0n) is 9.53. The minimum atomic E-state index is -3.29. The second-order valence-electron chi connectivity index (χ2n) is 3.44. The lowest BCUT2D eigenvalue weighted by atomic mass is 10.0. The molecule has 0 aromatic heterocycles. The van der Waals surface area contributed by atoms with Gasteiger partial charge in [-0.15, -0.1) is 0 Å². The van der Waals surface area contributed by atoms with Crippen molar-refractivity contribution in [3.63, 3.8) is 0 Å². The van der Waals surface area contributed by atoms with Crippen LogP contribution >= 0.6 is 0 Å². The molecule has 1 aromatic carbocycles. The van der Waals surface area contributed by atoms with Crippen LogP contribution in [0.3, 0.4) is 0 Å². The third-order valence-electron chi connectivity index (χ3n) is 2.21. The zero-order chi connectivity index (χ0) is 15.4. The molecular weight excluding hydrogens is 284 g/mol. The summed E-state index contributed by atoms with van der Waals surface area (Å²) < 4.78 is 28.1. The number of halogens is 2. The number of carboxylic acid groups (broad SMARTS) is 1. The van der Waals surface area contributed by atoms with Crippen molar-refractivity contribution >= 4 is 17.9 Å². The van der Waals surface area contributed by atoms with Gasteiger partial charge >= 0.3 is 12.6 Å². The Morgan fingerprint density at radius 3 is 2.45 bits per heavy atom. The van der Waals surface area contributed by atoms with Gasteiger partial charge in [0, 0.05) is 0 Å². The number of aliphatic hydroxyl groups excluding tert-OH is 1. The maximum Gasteiger partial charge on any atom is 0.387 e. The number of hydrogen-bond donors (Lipinski definition) is 2. The van der Waals surface area contributed by atoms with Gasteiger partial charge in [-0.25, -0.2) is 4.79 Å². The van der Waals surface area contributed by atoms with E-state index in [-0.39, 0.29) is 6.29 Å². The molecule has 20 heavy (non-hydrogen) atoms. The Balaban J connectivity index is 3.53. The molecule has 1 rings (SSSR count). The molecule has 10 heteroatoms. The highest BCUT2D eigenvalue weighted by molar-refractivity contribution is 5.86. The van der Waals surface area contributed by atoms with Crippen LogP contribution in [0.25, 0.3) is 0 Å². The number of carbonyl (C=O) groups excluding carboxylic acids is 1. The molecule has 0 heterocycles. The summed E-state index contributed by atoms with van der Waals surface area (Å²) in [5, 5.41) is 28.8. The second kappa shape index (κ2) is 6.02. The lowest BCUT2D eigenvalue weighted by Crippen LogP contribution is -2.14. The number of carbonyl (C=O) groups is 2. The number of hydrogen-bond acceptors (Lipinski definition) is 6. The first-order valence-electron chi connectivity index (χ1n) is 4.91. The molecule has 0 bridgehead atoms. The highest BCUT2D eigenvalue weighted by atomic mass is 19.3. The van der Waals surface area contributed by atoms with Gasteiger partial charge in [-0.3, -0.25) is 14.9 Å². The average molecular weight is 291 g/mol. The van der Waals surface area contributed by atoms with Gasteiger partial charge in [0.05, 0.1) is 16.1 Å². The second-order valence-corrected chi connectivity index (χ2v) is 3.44. The van der Waals surface area contributed by atoms with E-state index in [0.29, 0.717) is 12.1 Å². The zero-order valence-corrected chi connectivity index (χ0v) is 9.53. The molecule has 0 amide bonds. The minimum absolute atomic E-state index is 0.0332. The normalized spacial score (nSPS) is 12.0. The van der Waals surface area contributed by atoms with Crippen molar-refractivity contribution in [3.8, 4) is 5.75 Å². The number of ether oxygens (including phenoxy) is 1. The van der Waals surface area contributed by atoms with Gasteiger partial charge in [-0.2, -0.15) is 8.78 Å². The largest absolute Gasteiger partial charge is 0.479 e. The van der Waals surface area contributed by atoms with Gasteiger partial charge in [0.25, 0.3) is 5.69 Å². The molecule has 0 aliphatic carbocycles. The number of nitro benzene ring substituents is 1. The Hall–Kier alpha value is -2.62. The standard InChI is InChI=1S/C10H7F2NO7/c11-10(12)20-5-1-4(3-14)7(13(18)19)6(2-5)8(15)9(16)17/h1-3,8,10,15H,(H,16,17). The summed E-state index contributed by atoms with van der Waals surface area (Å²) in [4.78, 5) is 31.1. The molecule has 0 spiro atoms. The van der Waals surface area contributed by atoms with E-state index < -0.39 is 46.2 Å². The van der Waals surface area contributed by atoms with Crippen molar-refractivity contribution in [2.45, 2.75) is 12.7 Å². The predicted molar refractivity (Wildman–Crippen MR) is 57.7 cm³/mol. The van der Waals surface area contributed by atoms with E-state index in [9.17, 15) is 33.6 Å². The Morgan fingerprint density at radius 2 is 2.05 bits per heavy atom. The van der Waals surface area contributed by atoms with Crippen LogP contribution in [0.2, 0.25) is 0 Å². The molecule has 2 N–H and O–H groups in total. The smallest absolute Gasteiger partial charge is 0.387 e. The van der Waals surface area contributed by atoms with Crippen LogP contribution in [0.5, 0.6) is 5.75 Å². The van der Waals surface area contributed by atoms with E-state index in [2.05, 4.69) is 4.74 Å². The van der Waals surface area contributed by atoms with E-state index in [1.165, 1.54) is 0 Å². The van der Waals surface area contributed by atoms with Gasteiger partial charge in [-0.1, -0.05) is 0 Å². The van der Waals surface area contributed by atoms with Crippen molar-refractivity contribution in [2.24, 2.45) is 0 Å². The Morgan fingerprint density at radius 1 is 1.45 bits per heavy atom. The number of aldehydes is 1. The maximum absolute atomic E-state index is 12.1. The topological polar surface area (TPSA) is 127 Å². The molecule has 0 radical (unpaired) electrons. The van der Waals surface area contributed by atoms with E-state index in [0.717, 1.165) is 0 Å². The van der Waals surface area contributed by atoms with Crippen molar-refractivity contribution in [3.05, 3.63) is 33.4 Å².